The Morgan fingerprint density at radius 3 is 2.49 bits per heavy atom. The Morgan fingerprint density at radius 1 is 1.00 bits per heavy atom. The number of nitrogens with zero attached hydrogens (tertiary/aromatic N) is 1. The zero-order valence-corrected chi connectivity index (χ0v) is 23.4. The van der Waals surface area contributed by atoms with E-state index in [1.807, 2.05) is 30.3 Å². The van der Waals surface area contributed by atoms with Gasteiger partial charge in [-0.3, -0.25) is 9.59 Å². The largest absolute Gasteiger partial charge is 0.497 e. The Labute approximate surface area is 240 Å². The van der Waals surface area contributed by atoms with E-state index in [1.54, 1.807) is 37.4 Å². The van der Waals surface area contributed by atoms with Crippen LogP contribution in [0.4, 0.5) is 10.1 Å². The first-order valence-electron chi connectivity index (χ1n) is 14.3. The van der Waals surface area contributed by atoms with Crippen molar-refractivity contribution in [1.82, 2.24) is 5.32 Å². The summed E-state index contributed by atoms with van der Waals surface area (Å²) in [5.41, 5.74) is 2.81. The number of piperidine rings is 1. The van der Waals surface area contributed by atoms with Crippen LogP contribution < -0.4 is 19.7 Å². The van der Waals surface area contributed by atoms with Crippen molar-refractivity contribution in [2.24, 2.45) is 11.8 Å². The summed E-state index contributed by atoms with van der Waals surface area (Å²) in [5.74, 6) is 0.934. The van der Waals surface area contributed by atoms with E-state index in [-0.39, 0.29) is 30.6 Å². The third-order valence-corrected chi connectivity index (χ3v) is 8.16. The number of halogens is 1. The lowest BCUT2D eigenvalue weighted by molar-refractivity contribution is -0.137. The van der Waals surface area contributed by atoms with Crippen LogP contribution in [-0.4, -0.2) is 43.8 Å². The minimum atomic E-state index is -0.762. The van der Waals surface area contributed by atoms with E-state index in [9.17, 15) is 19.1 Å². The van der Waals surface area contributed by atoms with Gasteiger partial charge in [0.25, 0.3) is 5.91 Å². The number of hydrogen-bond donors (Lipinski definition) is 2. The summed E-state index contributed by atoms with van der Waals surface area (Å²) in [7, 11) is 1.60. The van der Waals surface area contributed by atoms with Gasteiger partial charge in [0.2, 0.25) is 0 Å². The molecular formula is C33H37FN2O5. The van der Waals surface area contributed by atoms with E-state index in [1.165, 1.54) is 6.07 Å². The molecule has 1 saturated heterocycles. The number of anilines is 1. The molecule has 3 aromatic carbocycles. The Balaban J connectivity index is 1.19. The van der Waals surface area contributed by atoms with E-state index in [4.69, 9.17) is 9.47 Å². The molecule has 7 nitrogen and oxygen atoms in total. The van der Waals surface area contributed by atoms with Gasteiger partial charge in [0.15, 0.2) is 0 Å². The molecule has 1 unspecified atom stereocenters. The van der Waals surface area contributed by atoms with Gasteiger partial charge in [-0.25, -0.2) is 4.39 Å². The molecule has 0 aromatic heterocycles. The van der Waals surface area contributed by atoms with Crippen molar-refractivity contribution < 1.29 is 28.6 Å². The van der Waals surface area contributed by atoms with Crippen LogP contribution in [0.2, 0.25) is 0 Å². The van der Waals surface area contributed by atoms with Crippen molar-refractivity contribution in [3.8, 4) is 11.5 Å². The Morgan fingerprint density at radius 2 is 1.78 bits per heavy atom. The lowest BCUT2D eigenvalue weighted by Crippen LogP contribution is -2.37. The van der Waals surface area contributed by atoms with Gasteiger partial charge < -0.3 is 24.8 Å². The van der Waals surface area contributed by atoms with Crippen molar-refractivity contribution in [2.75, 3.05) is 31.7 Å². The number of carboxylic acid groups (broad SMARTS) is 1. The van der Waals surface area contributed by atoms with E-state index >= 15 is 0 Å². The molecule has 1 amide bonds. The number of carbonyl (C=O) groups is 2. The molecule has 2 fully saturated rings. The van der Waals surface area contributed by atoms with Crippen LogP contribution in [0.25, 0.3) is 0 Å². The predicted molar refractivity (Wildman–Crippen MR) is 155 cm³/mol. The fraction of sp³-hybridized carbons (Fsp3) is 0.394. The first-order chi connectivity index (χ1) is 19.9. The van der Waals surface area contributed by atoms with E-state index < -0.39 is 5.97 Å². The lowest BCUT2D eigenvalue weighted by atomic mass is 9.91. The van der Waals surface area contributed by atoms with E-state index in [0.717, 1.165) is 55.8 Å². The van der Waals surface area contributed by atoms with E-state index in [2.05, 4.69) is 10.2 Å². The van der Waals surface area contributed by atoms with E-state index in [0.29, 0.717) is 35.3 Å². The van der Waals surface area contributed by atoms with Gasteiger partial charge in [0, 0.05) is 31.3 Å². The number of hydrogen-bond acceptors (Lipinski definition) is 5. The average Bonchev–Trinajstić information content (AvgIpc) is 3.84. The number of benzene rings is 3. The second-order valence-electron chi connectivity index (χ2n) is 11.0. The number of aliphatic carboxylic acids is 1. The standard InChI is InChI=1S/C33H37FN2O5/c1-40-26-11-12-28(33(39)35-20-25-5-2-3-8-30(25)34)31(18-26)36-15-13-22(14-16-36)21-41-27-7-4-6-24(17-27)29(19-32(37)38)23-9-10-23/h2-8,11-12,17-18,22-23,29H,9-10,13-16,19-21H2,1H3,(H,35,39)(H,37,38). The molecule has 1 saturated carbocycles. The van der Waals surface area contributed by atoms with Crippen molar-refractivity contribution in [3.63, 3.8) is 0 Å². The lowest BCUT2D eigenvalue weighted by Gasteiger charge is -2.34. The molecule has 5 rings (SSSR count). The summed E-state index contributed by atoms with van der Waals surface area (Å²) in [6.45, 7) is 2.21. The average molecular weight is 561 g/mol. The maximum atomic E-state index is 14.0. The molecule has 0 bridgehead atoms. The summed E-state index contributed by atoms with van der Waals surface area (Å²) in [6, 6.07) is 19.7. The number of carbonyl (C=O) groups excluding carboxylic acids is 1. The molecule has 1 aliphatic carbocycles. The quantitative estimate of drug-likeness (QED) is 0.281. The van der Waals surface area contributed by atoms with Gasteiger partial charge in [-0.2, -0.15) is 0 Å². The molecule has 3 aromatic rings. The number of carboxylic acids is 1. The van der Waals surface area contributed by atoms with Crippen LogP contribution in [0.3, 0.4) is 0 Å². The Hall–Kier alpha value is -4.07. The predicted octanol–water partition coefficient (Wildman–Crippen LogP) is 6.03. The molecule has 0 spiro atoms. The molecular weight excluding hydrogens is 523 g/mol. The number of ether oxygens (including phenoxy) is 2. The maximum Gasteiger partial charge on any atom is 0.303 e. The van der Waals surface area contributed by atoms with Crippen LogP contribution >= 0.6 is 0 Å². The SMILES string of the molecule is COc1ccc(C(=O)NCc2ccccc2F)c(N2CCC(COc3cccc(C(CC(=O)O)C4CC4)c3)CC2)c1. The molecule has 1 atom stereocenters. The molecule has 2 N–H and O–H groups in total. The number of methoxy groups -OCH3 is 1. The van der Waals surface area contributed by atoms with Crippen molar-refractivity contribution in [2.45, 2.75) is 44.6 Å². The summed E-state index contributed by atoms with van der Waals surface area (Å²) in [4.78, 5) is 26.7. The fourth-order valence-corrected chi connectivity index (χ4v) is 5.64. The zero-order valence-electron chi connectivity index (χ0n) is 23.4. The van der Waals surface area contributed by atoms with Gasteiger partial charge in [0.05, 0.1) is 31.4 Å². The van der Waals surface area contributed by atoms with Gasteiger partial charge in [-0.15, -0.1) is 0 Å². The Bertz CT molecular complexity index is 1370. The van der Waals surface area contributed by atoms with Crippen LogP contribution in [-0.2, 0) is 11.3 Å². The van der Waals surface area contributed by atoms with Crippen molar-refractivity contribution in [1.29, 1.82) is 0 Å². The highest BCUT2D eigenvalue weighted by atomic mass is 19.1. The van der Waals surface area contributed by atoms with Gasteiger partial charge in [-0.1, -0.05) is 30.3 Å². The smallest absolute Gasteiger partial charge is 0.303 e. The number of rotatable bonds is 12. The van der Waals surface area contributed by atoms with Gasteiger partial charge in [-0.05, 0) is 79.3 Å². The summed E-state index contributed by atoms with van der Waals surface area (Å²) in [6.07, 6.45) is 4.13. The fourth-order valence-electron chi connectivity index (χ4n) is 5.64. The first-order valence-corrected chi connectivity index (χ1v) is 14.3. The molecule has 0 radical (unpaired) electrons. The number of nitrogens with one attached hydrogen (secondary N) is 1. The molecule has 2 aliphatic rings. The third kappa shape index (κ3) is 7.37. The molecule has 8 heteroatoms. The topological polar surface area (TPSA) is 88.1 Å². The molecule has 216 valence electrons. The highest BCUT2D eigenvalue weighted by Gasteiger charge is 2.34. The van der Waals surface area contributed by atoms with Crippen LogP contribution in [0.15, 0.2) is 66.7 Å². The van der Waals surface area contributed by atoms with Crippen LogP contribution in [0.5, 0.6) is 11.5 Å². The van der Waals surface area contributed by atoms with Gasteiger partial charge in [0.1, 0.15) is 17.3 Å². The minimum absolute atomic E-state index is 0.0419. The van der Waals surface area contributed by atoms with Crippen LogP contribution in [0.1, 0.15) is 59.5 Å². The highest BCUT2D eigenvalue weighted by molar-refractivity contribution is 6.00. The molecule has 1 heterocycles. The summed E-state index contributed by atoms with van der Waals surface area (Å²) in [5, 5.41) is 12.2. The molecule has 41 heavy (non-hydrogen) atoms. The Kier molecular flexibility index (Phi) is 9.07. The van der Waals surface area contributed by atoms with Crippen LogP contribution in [0, 0.1) is 17.7 Å². The molecule has 1 aliphatic heterocycles. The second-order valence-corrected chi connectivity index (χ2v) is 11.0. The highest BCUT2D eigenvalue weighted by Crippen LogP contribution is 2.45. The second kappa shape index (κ2) is 13.1. The number of amides is 1. The van der Waals surface area contributed by atoms with Crippen molar-refractivity contribution in [3.05, 3.63) is 89.2 Å². The maximum absolute atomic E-state index is 14.0. The van der Waals surface area contributed by atoms with Crippen molar-refractivity contribution >= 4 is 17.6 Å². The summed E-state index contributed by atoms with van der Waals surface area (Å²) >= 11 is 0. The third-order valence-electron chi connectivity index (χ3n) is 8.16. The zero-order chi connectivity index (χ0) is 28.8. The van der Waals surface area contributed by atoms with Gasteiger partial charge >= 0.3 is 5.97 Å². The minimum Gasteiger partial charge on any atom is -0.497 e. The first kappa shape index (κ1) is 28.5. The monoisotopic (exact) mass is 560 g/mol. The normalized spacial score (nSPS) is 16.2. The summed E-state index contributed by atoms with van der Waals surface area (Å²) < 4.78 is 25.7.